The Labute approximate surface area is 178 Å². The number of esters is 1. The molecule has 3 rings (SSSR count). The Balaban J connectivity index is 1.47. The van der Waals surface area contributed by atoms with Crippen molar-refractivity contribution >= 4 is 5.97 Å². The summed E-state index contributed by atoms with van der Waals surface area (Å²) in [7, 11) is 0. The van der Waals surface area contributed by atoms with Crippen molar-refractivity contribution in [1.29, 1.82) is 0 Å². The quantitative estimate of drug-likeness (QED) is 0.348. The first-order chi connectivity index (χ1) is 14.4. The number of halogens is 2. The van der Waals surface area contributed by atoms with Crippen molar-refractivity contribution in [1.82, 2.24) is 0 Å². The number of alkyl halides is 2. The molecule has 2 unspecified atom stereocenters. The average molecular weight is 421 g/mol. The van der Waals surface area contributed by atoms with E-state index in [0.717, 1.165) is 44.3 Å². The Morgan fingerprint density at radius 1 is 1.13 bits per heavy atom. The second kappa shape index (κ2) is 10.4. The van der Waals surface area contributed by atoms with Crippen LogP contribution in [-0.4, -0.2) is 24.6 Å². The van der Waals surface area contributed by atoms with Gasteiger partial charge < -0.3 is 9.47 Å². The van der Waals surface area contributed by atoms with Gasteiger partial charge in [-0.2, -0.15) is 0 Å². The van der Waals surface area contributed by atoms with Crippen LogP contribution >= 0.6 is 0 Å². The Hall–Kier alpha value is -1.91. The van der Waals surface area contributed by atoms with Gasteiger partial charge in [0.15, 0.2) is 0 Å². The van der Waals surface area contributed by atoms with Gasteiger partial charge in [0.2, 0.25) is 0 Å². The van der Waals surface area contributed by atoms with Crippen molar-refractivity contribution in [3.63, 3.8) is 0 Å². The molecule has 30 heavy (non-hydrogen) atoms. The molecule has 2 atom stereocenters. The lowest BCUT2D eigenvalue weighted by molar-refractivity contribution is -0.178. The van der Waals surface area contributed by atoms with Crippen molar-refractivity contribution < 1.29 is 23.0 Å². The van der Waals surface area contributed by atoms with E-state index in [2.05, 4.69) is 18.7 Å². The number of hydrogen-bond donors (Lipinski definition) is 0. The standard InChI is InChI=1S/C25H34F2O3/c1-3-5-6-18-7-16-23(25(26,27)17-18)24(28)30-22-14-10-20(11-15-22)19-8-12-21(13-9-19)29-4-2/h3,8-9,12-13,18,20,22-23H,1,4-7,10-11,14-17H2,2H3. The van der Waals surface area contributed by atoms with Gasteiger partial charge in [-0.1, -0.05) is 18.2 Å². The van der Waals surface area contributed by atoms with Crippen molar-refractivity contribution in [3.05, 3.63) is 42.5 Å². The van der Waals surface area contributed by atoms with E-state index in [9.17, 15) is 13.6 Å². The summed E-state index contributed by atoms with van der Waals surface area (Å²) < 4.78 is 40.2. The molecule has 166 valence electrons. The third kappa shape index (κ3) is 5.83. The lowest BCUT2D eigenvalue weighted by Gasteiger charge is -2.36. The molecule has 0 bridgehead atoms. The molecule has 0 aliphatic heterocycles. The number of hydrogen-bond acceptors (Lipinski definition) is 3. The van der Waals surface area contributed by atoms with Crippen LogP contribution in [0.5, 0.6) is 5.75 Å². The maximum absolute atomic E-state index is 14.6. The molecule has 1 aromatic rings. The Kier molecular flexibility index (Phi) is 7.90. The zero-order valence-corrected chi connectivity index (χ0v) is 18.0. The van der Waals surface area contributed by atoms with Gasteiger partial charge in [0.05, 0.1) is 6.61 Å². The van der Waals surface area contributed by atoms with Crippen LogP contribution in [0, 0.1) is 11.8 Å². The molecule has 0 spiro atoms. The number of rotatable bonds is 8. The summed E-state index contributed by atoms with van der Waals surface area (Å²) in [6, 6.07) is 8.15. The summed E-state index contributed by atoms with van der Waals surface area (Å²) >= 11 is 0. The molecule has 3 nitrogen and oxygen atoms in total. The Morgan fingerprint density at radius 2 is 1.83 bits per heavy atom. The van der Waals surface area contributed by atoms with Gasteiger partial charge in [-0.05, 0) is 87.8 Å². The summed E-state index contributed by atoms with van der Waals surface area (Å²) in [5, 5.41) is 0. The van der Waals surface area contributed by atoms with E-state index in [1.807, 2.05) is 19.1 Å². The molecule has 0 aromatic heterocycles. The van der Waals surface area contributed by atoms with Crippen molar-refractivity contribution in [2.45, 2.75) is 82.7 Å². The van der Waals surface area contributed by atoms with Crippen LogP contribution < -0.4 is 4.74 Å². The highest BCUT2D eigenvalue weighted by atomic mass is 19.3. The highest BCUT2D eigenvalue weighted by Gasteiger charge is 2.50. The van der Waals surface area contributed by atoms with Gasteiger partial charge in [0.1, 0.15) is 17.8 Å². The average Bonchev–Trinajstić information content (AvgIpc) is 2.73. The van der Waals surface area contributed by atoms with Crippen LogP contribution in [0.15, 0.2) is 36.9 Å². The number of carbonyl (C=O) groups is 1. The Bertz CT molecular complexity index is 693. The topological polar surface area (TPSA) is 35.5 Å². The first kappa shape index (κ1) is 22.8. The molecular formula is C25H34F2O3. The van der Waals surface area contributed by atoms with Gasteiger partial charge >= 0.3 is 5.97 Å². The summed E-state index contributed by atoms with van der Waals surface area (Å²) in [5.41, 5.74) is 1.26. The fourth-order valence-electron chi connectivity index (χ4n) is 4.90. The molecule has 1 aromatic carbocycles. The molecule has 5 heteroatoms. The smallest absolute Gasteiger partial charge is 0.315 e. The SMILES string of the molecule is C=CCCC1CCC(C(=O)OC2CCC(c3ccc(OCC)cc3)CC2)C(F)(F)C1. The number of benzene rings is 1. The van der Waals surface area contributed by atoms with E-state index in [1.165, 1.54) is 5.56 Å². The minimum Gasteiger partial charge on any atom is -0.494 e. The van der Waals surface area contributed by atoms with E-state index >= 15 is 0 Å². The minimum atomic E-state index is -2.97. The third-order valence-corrected chi connectivity index (χ3v) is 6.62. The van der Waals surface area contributed by atoms with Crippen LogP contribution in [-0.2, 0) is 9.53 Å². The fraction of sp³-hybridized carbons (Fsp3) is 0.640. The monoisotopic (exact) mass is 420 g/mol. The molecule has 0 amide bonds. The lowest BCUT2D eigenvalue weighted by Crippen LogP contribution is -2.42. The zero-order valence-electron chi connectivity index (χ0n) is 18.0. The second-order valence-electron chi connectivity index (χ2n) is 8.74. The molecule has 2 fully saturated rings. The predicted molar refractivity (Wildman–Crippen MR) is 114 cm³/mol. The van der Waals surface area contributed by atoms with Gasteiger partial charge in [-0.15, -0.1) is 6.58 Å². The van der Waals surface area contributed by atoms with Gasteiger partial charge in [0.25, 0.3) is 5.92 Å². The Morgan fingerprint density at radius 3 is 2.43 bits per heavy atom. The first-order valence-corrected chi connectivity index (χ1v) is 11.3. The van der Waals surface area contributed by atoms with Crippen molar-refractivity contribution in [2.75, 3.05) is 6.61 Å². The molecule has 0 saturated heterocycles. The lowest BCUT2D eigenvalue weighted by atomic mass is 9.77. The van der Waals surface area contributed by atoms with Gasteiger partial charge in [-0.3, -0.25) is 4.79 Å². The second-order valence-corrected chi connectivity index (χ2v) is 8.74. The van der Waals surface area contributed by atoms with Crippen LogP contribution in [0.3, 0.4) is 0 Å². The summed E-state index contributed by atoms with van der Waals surface area (Å²) in [4.78, 5) is 12.5. The molecule has 0 heterocycles. The molecule has 0 radical (unpaired) electrons. The molecule has 2 aliphatic carbocycles. The van der Waals surface area contributed by atoms with Crippen LogP contribution in [0.1, 0.15) is 76.2 Å². The van der Waals surface area contributed by atoms with Crippen LogP contribution in [0.25, 0.3) is 0 Å². The van der Waals surface area contributed by atoms with Crippen LogP contribution in [0.2, 0.25) is 0 Å². The largest absolute Gasteiger partial charge is 0.494 e. The summed E-state index contributed by atoms with van der Waals surface area (Å²) in [5.74, 6) is -3.72. The fourth-order valence-corrected chi connectivity index (χ4v) is 4.90. The van der Waals surface area contributed by atoms with E-state index in [0.29, 0.717) is 18.9 Å². The van der Waals surface area contributed by atoms with Gasteiger partial charge in [0, 0.05) is 6.42 Å². The molecule has 2 aliphatic rings. The molecular weight excluding hydrogens is 386 g/mol. The van der Waals surface area contributed by atoms with Gasteiger partial charge in [-0.25, -0.2) is 8.78 Å². The minimum absolute atomic E-state index is 0.0356. The highest BCUT2D eigenvalue weighted by Crippen LogP contribution is 2.44. The maximum Gasteiger partial charge on any atom is 0.315 e. The molecule has 2 saturated carbocycles. The third-order valence-electron chi connectivity index (χ3n) is 6.62. The highest BCUT2D eigenvalue weighted by molar-refractivity contribution is 5.74. The van der Waals surface area contributed by atoms with E-state index in [4.69, 9.17) is 9.47 Å². The number of allylic oxidation sites excluding steroid dienone is 1. The van der Waals surface area contributed by atoms with E-state index in [-0.39, 0.29) is 24.9 Å². The molecule has 0 N–H and O–H groups in total. The predicted octanol–water partition coefficient (Wildman–Crippen LogP) is 6.67. The summed E-state index contributed by atoms with van der Waals surface area (Å²) in [6.45, 7) is 6.26. The number of ether oxygens (including phenoxy) is 2. The maximum atomic E-state index is 14.6. The normalized spacial score (nSPS) is 28.5. The van der Waals surface area contributed by atoms with E-state index in [1.54, 1.807) is 6.08 Å². The summed E-state index contributed by atoms with van der Waals surface area (Å²) in [6.07, 6.45) is 6.90. The van der Waals surface area contributed by atoms with Crippen LogP contribution in [0.4, 0.5) is 8.78 Å². The first-order valence-electron chi connectivity index (χ1n) is 11.3. The number of carbonyl (C=O) groups excluding carboxylic acids is 1. The van der Waals surface area contributed by atoms with E-state index < -0.39 is 17.8 Å². The van der Waals surface area contributed by atoms with Crippen molar-refractivity contribution in [2.24, 2.45) is 11.8 Å². The van der Waals surface area contributed by atoms with Crippen molar-refractivity contribution in [3.8, 4) is 5.75 Å². The zero-order chi connectivity index (χ0) is 21.6.